The van der Waals surface area contributed by atoms with Gasteiger partial charge in [-0.15, -0.1) is 0 Å². The Morgan fingerprint density at radius 2 is 1.93 bits per heavy atom. The molecule has 1 aliphatic heterocycles. The lowest BCUT2D eigenvalue weighted by molar-refractivity contribution is -0.126. The number of nitriles is 2. The third-order valence-electron chi connectivity index (χ3n) is 5.58. The topological polar surface area (TPSA) is 105 Å². The molecule has 1 aromatic rings. The summed E-state index contributed by atoms with van der Waals surface area (Å²) in [4.78, 5) is 19.1. The summed E-state index contributed by atoms with van der Waals surface area (Å²) in [6.07, 6.45) is 8.69. The third kappa shape index (κ3) is 4.75. The predicted octanol–water partition coefficient (Wildman–Crippen LogP) is 2.17. The molecule has 2 heterocycles. The van der Waals surface area contributed by atoms with Crippen LogP contribution in [0.2, 0.25) is 0 Å². The van der Waals surface area contributed by atoms with Crippen LogP contribution in [0, 0.1) is 22.7 Å². The molecule has 0 unspecified atom stereocenters. The van der Waals surface area contributed by atoms with Crippen LogP contribution >= 0.6 is 0 Å². The molecule has 0 radical (unpaired) electrons. The number of nitrogens with zero attached hydrogens (tertiary/aromatic N) is 4. The highest BCUT2D eigenvalue weighted by atomic mass is 16.2. The zero-order valence-corrected chi connectivity index (χ0v) is 15.6. The second-order valence-electron chi connectivity index (χ2n) is 7.50. The van der Waals surface area contributed by atoms with Crippen molar-refractivity contribution in [3.8, 4) is 12.1 Å². The average molecular weight is 366 g/mol. The van der Waals surface area contributed by atoms with Gasteiger partial charge >= 0.3 is 0 Å². The lowest BCUT2D eigenvalue weighted by atomic mass is 9.81. The predicted molar refractivity (Wildman–Crippen MR) is 102 cm³/mol. The van der Waals surface area contributed by atoms with E-state index in [1.807, 2.05) is 4.90 Å². The molecular formula is C20H26N6O. The van der Waals surface area contributed by atoms with Crippen molar-refractivity contribution < 1.29 is 4.79 Å². The SMILES string of the molecule is N#Cc1ccc(NCC2(NC(=O)[C@H](C#N)N3CCCC3)CCCCC2)nc1. The van der Waals surface area contributed by atoms with E-state index < -0.39 is 6.04 Å². The number of amides is 1. The number of nitrogens with one attached hydrogen (secondary N) is 2. The van der Waals surface area contributed by atoms with Crippen LogP contribution in [0.1, 0.15) is 50.5 Å². The molecule has 1 atom stereocenters. The van der Waals surface area contributed by atoms with Gasteiger partial charge in [0.1, 0.15) is 11.9 Å². The van der Waals surface area contributed by atoms with Crippen molar-refractivity contribution in [2.45, 2.75) is 56.5 Å². The van der Waals surface area contributed by atoms with Gasteiger partial charge in [0.25, 0.3) is 5.91 Å². The molecule has 7 nitrogen and oxygen atoms in total. The molecule has 2 fully saturated rings. The van der Waals surface area contributed by atoms with E-state index in [1.54, 1.807) is 12.1 Å². The first kappa shape index (κ1) is 19.1. The molecule has 27 heavy (non-hydrogen) atoms. The molecule has 2 N–H and O–H groups in total. The van der Waals surface area contributed by atoms with Crippen LogP contribution in [-0.4, -0.2) is 47.0 Å². The number of anilines is 1. The summed E-state index contributed by atoms with van der Waals surface area (Å²) in [5.41, 5.74) is 0.156. The van der Waals surface area contributed by atoms with Crippen LogP contribution in [0.15, 0.2) is 18.3 Å². The maximum Gasteiger partial charge on any atom is 0.252 e. The van der Waals surface area contributed by atoms with Crippen molar-refractivity contribution in [3.63, 3.8) is 0 Å². The quantitative estimate of drug-likeness (QED) is 0.799. The number of pyridine rings is 1. The van der Waals surface area contributed by atoms with Crippen molar-refractivity contribution in [3.05, 3.63) is 23.9 Å². The lowest BCUT2D eigenvalue weighted by Crippen LogP contribution is -2.58. The third-order valence-corrected chi connectivity index (χ3v) is 5.58. The maximum atomic E-state index is 12.9. The summed E-state index contributed by atoms with van der Waals surface area (Å²) in [5.74, 6) is 0.500. The van der Waals surface area contributed by atoms with E-state index in [4.69, 9.17) is 5.26 Å². The van der Waals surface area contributed by atoms with Gasteiger partial charge in [-0.1, -0.05) is 19.3 Å². The van der Waals surface area contributed by atoms with E-state index >= 15 is 0 Å². The molecule has 3 rings (SSSR count). The smallest absolute Gasteiger partial charge is 0.252 e. The van der Waals surface area contributed by atoms with Gasteiger partial charge in [-0.3, -0.25) is 9.69 Å². The van der Waals surface area contributed by atoms with E-state index in [-0.39, 0.29) is 11.4 Å². The summed E-state index contributed by atoms with van der Waals surface area (Å²) < 4.78 is 0. The fourth-order valence-electron chi connectivity index (χ4n) is 4.03. The van der Waals surface area contributed by atoms with Crippen LogP contribution in [0.3, 0.4) is 0 Å². The Labute approximate surface area is 160 Å². The van der Waals surface area contributed by atoms with Crippen LogP contribution in [0.4, 0.5) is 5.82 Å². The molecule has 2 aliphatic rings. The highest BCUT2D eigenvalue weighted by Gasteiger charge is 2.37. The Balaban J connectivity index is 1.67. The molecule has 1 saturated heterocycles. The summed E-state index contributed by atoms with van der Waals surface area (Å²) in [6, 6.07) is 7.03. The van der Waals surface area contributed by atoms with Gasteiger partial charge in [-0.05, 0) is 50.9 Å². The minimum atomic E-state index is -0.709. The minimum Gasteiger partial charge on any atom is -0.368 e. The summed E-state index contributed by atoms with van der Waals surface area (Å²) >= 11 is 0. The van der Waals surface area contributed by atoms with E-state index in [9.17, 15) is 10.1 Å². The fraction of sp³-hybridized carbons (Fsp3) is 0.600. The summed E-state index contributed by atoms with van der Waals surface area (Å²) in [5, 5.41) is 24.9. The number of rotatable bonds is 6. The zero-order chi connectivity index (χ0) is 19.1. The molecule has 0 spiro atoms. The number of carbonyl (C=O) groups is 1. The molecule has 1 aliphatic carbocycles. The standard InChI is InChI=1S/C20H26N6O/c21-12-16-6-7-18(23-14-16)24-15-20(8-2-1-3-9-20)25-19(27)17(13-22)26-10-4-5-11-26/h6-7,14,17H,1-5,8-11,15H2,(H,23,24)(H,25,27)/t17-/m0/s1. The first-order valence-electron chi connectivity index (χ1n) is 9.71. The van der Waals surface area contributed by atoms with Crippen LogP contribution in [0.5, 0.6) is 0 Å². The molecule has 0 bridgehead atoms. The Morgan fingerprint density at radius 1 is 1.19 bits per heavy atom. The van der Waals surface area contributed by atoms with Crippen molar-refractivity contribution in [1.82, 2.24) is 15.2 Å². The van der Waals surface area contributed by atoms with Crippen LogP contribution in [-0.2, 0) is 4.79 Å². The second-order valence-corrected chi connectivity index (χ2v) is 7.50. The van der Waals surface area contributed by atoms with Gasteiger partial charge in [0.15, 0.2) is 6.04 Å². The van der Waals surface area contributed by atoms with Crippen molar-refractivity contribution in [2.24, 2.45) is 0 Å². The molecule has 7 heteroatoms. The Kier molecular flexibility index (Phi) is 6.26. The lowest BCUT2D eigenvalue weighted by Gasteiger charge is -2.39. The second kappa shape index (κ2) is 8.83. The van der Waals surface area contributed by atoms with Crippen LogP contribution < -0.4 is 10.6 Å². The maximum absolute atomic E-state index is 12.9. The van der Waals surface area contributed by atoms with Gasteiger partial charge < -0.3 is 10.6 Å². The molecule has 1 saturated carbocycles. The minimum absolute atomic E-state index is 0.184. The highest BCUT2D eigenvalue weighted by Crippen LogP contribution is 2.29. The number of hydrogen-bond donors (Lipinski definition) is 2. The van der Waals surface area contributed by atoms with Gasteiger partial charge in [-0.25, -0.2) is 4.98 Å². The van der Waals surface area contributed by atoms with Gasteiger partial charge in [-0.2, -0.15) is 10.5 Å². The molecule has 142 valence electrons. The van der Waals surface area contributed by atoms with Crippen molar-refractivity contribution in [2.75, 3.05) is 25.0 Å². The van der Waals surface area contributed by atoms with Crippen molar-refractivity contribution >= 4 is 11.7 Å². The molecule has 0 aromatic carbocycles. The van der Waals surface area contributed by atoms with E-state index in [0.29, 0.717) is 17.9 Å². The molecule has 1 aromatic heterocycles. The largest absolute Gasteiger partial charge is 0.368 e. The fourth-order valence-corrected chi connectivity index (χ4v) is 4.03. The van der Waals surface area contributed by atoms with Crippen LogP contribution in [0.25, 0.3) is 0 Å². The first-order chi connectivity index (χ1) is 13.2. The van der Waals surface area contributed by atoms with Crippen molar-refractivity contribution in [1.29, 1.82) is 10.5 Å². The number of hydrogen-bond acceptors (Lipinski definition) is 6. The summed E-state index contributed by atoms with van der Waals surface area (Å²) in [6.45, 7) is 2.19. The van der Waals surface area contributed by atoms with Gasteiger partial charge in [0.2, 0.25) is 0 Å². The normalized spacial score (nSPS) is 20.2. The monoisotopic (exact) mass is 366 g/mol. The van der Waals surface area contributed by atoms with E-state index in [2.05, 4.69) is 27.8 Å². The first-order valence-corrected chi connectivity index (χ1v) is 9.71. The molecule has 1 amide bonds. The molecular weight excluding hydrogens is 340 g/mol. The van der Waals surface area contributed by atoms with E-state index in [0.717, 1.165) is 51.6 Å². The number of likely N-dealkylation sites (tertiary alicyclic amines) is 1. The highest BCUT2D eigenvalue weighted by molar-refractivity contribution is 5.85. The van der Waals surface area contributed by atoms with E-state index in [1.165, 1.54) is 12.6 Å². The summed E-state index contributed by atoms with van der Waals surface area (Å²) in [7, 11) is 0. The average Bonchev–Trinajstić information content (AvgIpc) is 3.22. The Morgan fingerprint density at radius 3 is 2.52 bits per heavy atom. The number of aromatic nitrogens is 1. The zero-order valence-electron chi connectivity index (χ0n) is 15.6. The number of carbonyl (C=O) groups excluding carboxylic acids is 1. The van der Waals surface area contributed by atoms with Gasteiger partial charge in [0.05, 0.1) is 17.2 Å². The Hall–Kier alpha value is -2.64. The van der Waals surface area contributed by atoms with Gasteiger partial charge in [0, 0.05) is 12.7 Å². The Bertz CT molecular complexity index is 720.